The highest BCUT2D eigenvalue weighted by Crippen LogP contribution is 2.48. The lowest BCUT2D eigenvalue weighted by atomic mass is 9.87. The predicted octanol–water partition coefficient (Wildman–Crippen LogP) is 0.968. The molecule has 0 spiro atoms. The Kier molecular flexibility index (Phi) is 3.92. The van der Waals surface area contributed by atoms with Gasteiger partial charge in [-0.1, -0.05) is 0 Å². The molecule has 7 aliphatic heterocycles. The van der Waals surface area contributed by atoms with Crippen LogP contribution in [0.4, 0.5) is 0 Å². The van der Waals surface area contributed by atoms with Crippen molar-refractivity contribution in [3.8, 4) is 0 Å². The molecule has 7 aliphatic rings. The van der Waals surface area contributed by atoms with Gasteiger partial charge in [0, 0.05) is 32.5 Å². The molecular formula is C19H26O7. The van der Waals surface area contributed by atoms with Crippen molar-refractivity contribution in [2.24, 2.45) is 5.92 Å². The maximum atomic E-state index is 12.4. The highest BCUT2D eigenvalue weighted by molar-refractivity contribution is 5.79. The van der Waals surface area contributed by atoms with E-state index in [9.17, 15) is 4.79 Å². The van der Waals surface area contributed by atoms with E-state index in [-0.39, 0.29) is 60.9 Å². The molecule has 0 N–H and O–H groups in total. The Morgan fingerprint density at radius 2 is 1.54 bits per heavy atom. The number of carbonyl (C=O) groups excluding carboxylic acids is 1. The fourth-order valence-electron chi connectivity index (χ4n) is 5.64. The van der Waals surface area contributed by atoms with Gasteiger partial charge >= 0.3 is 0 Å². The summed E-state index contributed by atoms with van der Waals surface area (Å²) in [6.45, 7) is 1.50. The number of ketones is 1. The molecule has 7 saturated heterocycles. The van der Waals surface area contributed by atoms with E-state index in [2.05, 4.69) is 0 Å². The number of Topliss-reactive ketones (excluding diaryl/α,β-unsaturated/α-hetero) is 1. The smallest absolute Gasteiger partial charge is 0.161 e. The fourth-order valence-corrected chi connectivity index (χ4v) is 5.64. The third-order valence-corrected chi connectivity index (χ3v) is 6.85. The second-order valence-electron chi connectivity index (χ2n) is 8.62. The Morgan fingerprint density at radius 3 is 2.42 bits per heavy atom. The van der Waals surface area contributed by atoms with Gasteiger partial charge in [0.1, 0.15) is 36.3 Å². The average molecular weight is 366 g/mol. The highest BCUT2D eigenvalue weighted by atomic mass is 16.8. The van der Waals surface area contributed by atoms with Crippen LogP contribution in [0.5, 0.6) is 0 Å². The summed E-state index contributed by atoms with van der Waals surface area (Å²) in [5.41, 5.74) is 0. The monoisotopic (exact) mass is 366 g/mol. The molecule has 0 radical (unpaired) electrons. The Morgan fingerprint density at radius 1 is 0.769 bits per heavy atom. The lowest BCUT2D eigenvalue weighted by molar-refractivity contribution is -0.264. The summed E-state index contributed by atoms with van der Waals surface area (Å²) < 4.78 is 36.4. The van der Waals surface area contributed by atoms with Crippen molar-refractivity contribution in [3.63, 3.8) is 0 Å². The SMILES string of the molecule is O=C(CC1CCOC1)CC1CCC2OC3C4O[C@@H]5CC(OC4C2O1)OC35. The molecule has 9 unspecified atom stereocenters. The molecule has 0 aromatic rings. The molecule has 0 amide bonds. The summed E-state index contributed by atoms with van der Waals surface area (Å²) in [6.07, 6.45) is 4.01. The lowest BCUT2D eigenvalue weighted by Crippen LogP contribution is -2.61. The van der Waals surface area contributed by atoms with Crippen molar-refractivity contribution in [1.82, 2.24) is 0 Å². The molecule has 0 aromatic heterocycles. The summed E-state index contributed by atoms with van der Waals surface area (Å²) in [7, 11) is 0. The van der Waals surface area contributed by atoms with E-state index in [0.717, 1.165) is 38.9 Å². The molecule has 0 saturated carbocycles. The molecule has 0 aromatic carbocycles. The first-order valence-electron chi connectivity index (χ1n) is 10.1. The van der Waals surface area contributed by atoms with Gasteiger partial charge in [-0.2, -0.15) is 0 Å². The molecule has 6 bridgehead atoms. The van der Waals surface area contributed by atoms with Crippen LogP contribution in [0.25, 0.3) is 0 Å². The van der Waals surface area contributed by atoms with Gasteiger partial charge in [-0.3, -0.25) is 4.79 Å². The third-order valence-electron chi connectivity index (χ3n) is 6.85. The zero-order valence-corrected chi connectivity index (χ0v) is 14.8. The molecule has 10 atom stereocenters. The summed E-state index contributed by atoms with van der Waals surface area (Å²) in [6, 6.07) is 0. The first-order chi connectivity index (χ1) is 12.7. The van der Waals surface area contributed by atoms with E-state index in [1.165, 1.54) is 0 Å². The maximum absolute atomic E-state index is 12.4. The first kappa shape index (κ1) is 16.4. The van der Waals surface area contributed by atoms with Gasteiger partial charge in [0.05, 0.1) is 18.3 Å². The van der Waals surface area contributed by atoms with E-state index in [0.29, 0.717) is 18.8 Å². The van der Waals surface area contributed by atoms with Gasteiger partial charge in [0.2, 0.25) is 0 Å². The van der Waals surface area contributed by atoms with E-state index in [1.807, 2.05) is 0 Å². The number of fused-ring (bicyclic) bond motifs is 1. The summed E-state index contributed by atoms with van der Waals surface area (Å²) >= 11 is 0. The Hall–Kier alpha value is -0.570. The van der Waals surface area contributed by atoms with E-state index in [1.54, 1.807) is 0 Å². The predicted molar refractivity (Wildman–Crippen MR) is 86.5 cm³/mol. The molecule has 7 heterocycles. The van der Waals surface area contributed by atoms with Gasteiger partial charge in [-0.25, -0.2) is 0 Å². The molecule has 7 heteroatoms. The molecule has 7 rings (SSSR count). The van der Waals surface area contributed by atoms with Crippen molar-refractivity contribution in [1.29, 1.82) is 0 Å². The summed E-state index contributed by atoms with van der Waals surface area (Å²) in [5.74, 6) is 0.665. The van der Waals surface area contributed by atoms with E-state index < -0.39 is 0 Å². The van der Waals surface area contributed by atoms with Crippen molar-refractivity contribution >= 4 is 5.78 Å². The molecule has 26 heavy (non-hydrogen) atoms. The van der Waals surface area contributed by atoms with Gasteiger partial charge in [0.25, 0.3) is 0 Å². The van der Waals surface area contributed by atoms with Gasteiger partial charge in [0.15, 0.2) is 6.29 Å². The van der Waals surface area contributed by atoms with Crippen LogP contribution < -0.4 is 0 Å². The zero-order valence-electron chi connectivity index (χ0n) is 14.8. The summed E-state index contributed by atoms with van der Waals surface area (Å²) in [5, 5.41) is 0. The van der Waals surface area contributed by atoms with Crippen LogP contribution in [0.3, 0.4) is 0 Å². The number of ether oxygens (including phenoxy) is 6. The molecular weight excluding hydrogens is 340 g/mol. The van der Waals surface area contributed by atoms with Crippen LogP contribution in [0.2, 0.25) is 0 Å². The number of hydrogen-bond acceptors (Lipinski definition) is 7. The minimum absolute atomic E-state index is 0.00359. The van der Waals surface area contributed by atoms with E-state index >= 15 is 0 Å². The standard InChI is InChI=1S/C19H26O7/c20-10(5-9-3-4-21-8-9)6-11-1-2-12-15(22-11)18-19-17(23-12)16-13(24-19)7-14(25-16)26-18/h9,11-19H,1-8H2/t9?,11?,12?,13-,14?,15?,16?,17?,18?,19?/m1/s1. The van der Waals surface area contributed by atoms with E-state index in [4.69, 9.17) is 28.4 Å². The minimum Gasteiger partial charge on any atom is -0.381 e. The van der Waals surface area contributed by atoms with Gasteiger partial charge in [-0.15, -0.1) is 0 Å². The zero-order chi connectivity index (χ0) is 17.3. The Labute approximate surface area is 152 Å². The van der Waals surface area contributed by atoms with Crippen LogP contribution in [0, 0.1) is 5.92 Å². The van der Waals surface area contributed by atoms with Crippen LogP contribution in [0.1, 0.15) is 38.5 Å². The van der Waals surface area contributed by atoms with Crippen molar-refractivity contribution in [2.75, 3.05) is 13.2 Å². The first-order valence-corrected chi connectivity index (χ1v) is 10.1. The molecule has 7 nitrogen and oxygen atoms in total. The minimum atomic E-state index is -0.208. The molecule has 0 aliphatic carbocycles. The van der Waals surface area contributed by atoms with Crippen LogP contribution in [-0.2, 0) is 33.2 Å². The number of rotatable bonds is 4. The van der Waals surface area contributed by atoms with Crippen LogP contribution >= 0.6 is 0 Å². The number of carbonyl (C=O) groups is 1. The average Bonchev–Trinajstić information content (AvgIpc) is 3.26. The maximum Gasteiger partial charge on any atom is 0.161 e. The lowest BCUT2D eigenvalue weighted by Gasteiger charge is -2.46. The van der Waals surface area contributed by atoms with Crippen LogP contribution in [-0.4, -0.2) is 74.1 Å². The van der Waals surface area contributed by atoms with Crippen LogP contribution in [0.15, 0.2) is 0 Å². The Balaban J connectivity index is 1.13. The van der Waals surface area contributed by atoms with Crippen molar-refractivity contribution < 1.29 is 33.2 Å². The Bertz CT molecular complexity index is 576. The van der Waals surface area contributed by atoms with Gasteiger partial charge < -0.3 is 28.4 Å². The fraction of sp³-hybridized carbons (Fsp3) is 0.947. The molecule has 144 valence electrons. The molecule has 7 fully saturated rings. The van der Waals surface area contributed by atoms with Crippen molar-refractivity contribution in [3.05, 3.63) is 0 Å². The summed E-state index contributed by atoms with van der Waals surface area (Å²) in [4.78, 5) is 12.4. The quantitative estimate of drug-likeness (QED) is 0.734. The van der Waals surface area contributed by atoms with Crippen molar-refractivity contribution in [2.45, 2.75) is 93.6 Å². The highest BCUT2D eigenvalue weighted by Gasteiger charge is 2.64. The number of hydrogen-bond donors (Lipinski definition) is 0. The third kappa shape index (κ3) is 2.59. The normalized spacial score (nSPS) is 54.3. The second kappa shape index (κ2) is 6.22. The van der Waals surface area contributed by atoms with Gasteiger partial charge in [-0.05, 0) is 25.2 Å². The largest absolute Gasteiger partial charge is 0.381 e. The topological polar surface area (TPSA) is 72.5 Å². The second-order valence-corrected chi connectivity index (χ2v) is 8.62.